The summed E-state index contributed by atoms with van der Waals surface area (Å²) in [7, 11) is -8.72. The van der Waals surface area contributed by atoms with Gasteiger partial charge in [0.1, 0.15) is 15.2 Å². The van der Waals surface area contributed by atoms with Crippen molar-refractivity contribution in [3.63, 3.8) is 0 Å². The molecule has 8 N–H and O–H groups in total. The number of allylic oxidation sites excluding steroid dienone is 4. The van der Waals surface area contributed by atoms with E-state index in [0.717, 1.165) is 11.1 Å². The maximum Gasteiger partial charge on any atom is 0.144 e. The van der Waals surface area contributed by atoms with Gasteiger partial charge in [-0.05, 0) is 27.7 Å². The minimum atomic E-state index is -4.36. The molecule has 0 aromatic heterocycles. The zero-order chi connectivity index (χ0) is 13.7. The van der Waals surface area contributed by atoms with Gasteiger partial charge >= 0.3 is 0 Å². The van der Waals surface area contributed by atoms with Crippen molar-refractivity contribution in [1.29, 1.82) is 0 Å². The molecule has 0 bridgehead atoms. The van der Waals surface area contributed by atoms with Crippen LogP contribution in [0.1, 0.15) is 27.7 Å². The number of hydrogen-bond donors (Lipinski definition) is 2. The third-order valence-electron chi connectivity index (χ3n) is 1.70. The maximum atomic E-state index is 11.4. The van der Waals surface area contributed by atoms with Crippen molar-refractivity contribution in [1.82, 2.24) is 12.3 Å². The summed E-state index contributed by atoms with van der Waals surface area (Å²) in [5, 5.41) is 0. The van der Waals surface area contributed by atoms with Crippen molar-refractivity contribution in [3.05, 3.63) is 23.3 Å². The molecule has 0 saturated carbocycles. The van der Waals surface area contributed by atoms with E-state index in [1.54, 1.807) is 27.7 Å². The minimum Gasteiger partial charge on any atom is -0.778 e. The lowest BCUT2D eigenvalue weighted by Gasteiger charge is -2.31. The number of quaternary nitrogens is 2. The summed E-state index contributed by atoms with van der Waals surface area (Å²) < 4.78 is 27.0. The van der Waals surface area contributed by atoms with Crippen molar-refractivity contribution < 1.29 is 23.2 Å². The molecular formula is C10H26N2O5P2. The molecule has 0 radical (unpaired) electrons. The highest BCUT2D eigenvalue weighted by Crippen LogP contribution is 2.54. The van der Waals surface area contributed by atoms with Gasteiger partial charge in [-0.2, -0.15) is 0 Å². The Labute approximate surface area is 115 Å². The first-order chi connectivity index (χ1) is 7.54. The summed E-state index contributed by atoms with van der Waals surface area (Å²) in [5.74, 6) is 0. The molecule has 7 nitrogen and oxygen atoms in total. The Morgan fingerprint density at radius 3 is 1.37 bits per heavy atom. The van der Waals surface area contributed by atoms with Crippen LogP contribution in [0.25, 0.3) is 0 Å². The number of rotatable bonds is 6. The third-order valence-corrected chi connectivity index (χ3v) is 4.95. The lowest BCUT2D eigenvalue weighted by atomic mass is 10.3. The van der Waals surface area contributed by atoms with E-state index in [9.17, 15) is 18.9 Å². The Hall–Kier alpha value is -0.260. The quantitative estimate of drug-likeness (QED) is 0.567. The highest BCUT2D eigenvalue weighted by molar-refractivity contribution is 7.65. The SMILES string of the molecule is CC(C)=CCP(=O)([O-])OP(=O)([O-])CC=C(C)C.[NH4+].[NH4+]. The van der Waals surface area contributed by atoms with Crippen LogP contribution in [0.3, 0.4) is 0 Å². The fourth-order valence-electron chi connectivity index (χ4n) is 0.845. The van der Waals surface area contributed by atoms with Gasteiger partial charge < -0.3 is 31.2 Å². The van der Waals surface area contributed by atoms with Gasteiger partial charge in [0.05, 0.1) is 0 Å². The molecule has 0 fully saturated rings. The van der Waals surface area contributed by atoms with E-state index in [0.29, 0.717) is 0 Å². The molecule has 0 saturated heterocycles. The number of hydrogen-bond acceptors (Lipinski definition) is 5. The van der Waals surface area contributed by atoms with Crippen LogP contribution >= 0.6 is 15.2 Å². The Balaban J connectivity index is -0.00000128. The zero-order valence-corrected chi connectivity index (χ0v) is 14.3. The Morgan fingerprint density at radius 1 is 0.895 bits per heavy atom. The monoisotopic (exact) mass is 316 g/mol. The average molecular weight is 316 g/mol. The second-order valence-corrected chi connectivity index (χ2v) is 8.06. The maximum absolute atomic E-state index is 11.4. The normalized spacial score (nSPS) is 15.9. The van der Waals surface area contributed by atoms with Crippen LogP contribution in [0.4, 0.5) is 0 Å². The topological polar surface area (TPSA) is 162 Å². The molecular weight excluding hydrogens is 290 g/mol. The minimum absolute atomic E-state index is 0. The molecule has 0 aliphatic carbocycles. The van der Waals surface area contributed by atoms with Crippen LogP contribution in [0.5, 0.6) is 0 Å². The van der Waals surface area contributed by atoms with Crippen LogP contribution in [0.15, 0.2) is 23.3 Å². The molecule has 0 rings (SSSR count). The molecule has 0 aromatic carbocycles. The predicted molar refractivity (Wildman–Crippen MR) is 76.9 cm³/mol. The largest absolute Gasteiger partial charge is 0.778 e. The van der Waals surface area contributed by atoms with E-state index in [-0.39, 0.29) is 12.3 Å². The van der Waals surface area contributed by atoms with Gasteiger partial charge in [0.2, 0.25) is 0 Å². The van der Waals surface area contributed by atoms with E-state index in [2.05, 4.69) is 4.31 Å². The van der Waals surface area contributed by atoms with E-state index in [1.807, 2.05) is 0 Å². The average Bonchev–Trinajstić information content (AvgIpc) is 2.10. The molecule has 0 aliphatic heterocycles. The van der Waals surface area contributed by atoms with Gasteiger partial charge in [-0.15, -0.1) is 0 Å². The summed E-state index contributed by atoms with van der Waals surface area (Å²) in [5.41, 5.74) is 1.57. The second kappa shape index (κ2) is 9.61. The summed E-state index contributed by atoms with van der Waals surface area (Å²) in [6.45, 7) is 6.89. The van der Waals surface area contributed by atoms with Crippen LogP contribution in [0.2, 0.25) is 0 Å². The van der Waals surface area contributed by atoms with Crippen molar-refractivity contribution in [3.8, 4) is 0 Å². The first kappa shape index (κ1) is 23.8. The first-order valence-corrected chi connectivity index (χ1v) is 8.58. The van der Waals surface area contributed by atoms with Crippen LogP contribution < -0.4 is 22.1 Å². The van der Waals surface area contributed by atoms with Crippen molar-refractivity contribution >= 4 is 15.2 Å². The summed E-state index contributed by atoms with van der Waals surface area (Å²) in [4.78, 5) is 22.7. The molecule has 0 aliphatic rings. The molecule has 9 heteroatoms. The molecule has 19 heavy (non-hydrogen) atoms. The van der Waals surface area contributed by atoms with Crippen LogP contribution in [-0.2, 0) is 13.4 Å². The van der Waals surface area contributed by atoms with Crippen molar-refractivity contribution in [2.24, 2.45) is 0 Å². The second-order valence-electron chi connectivity index (χ2n) is 4.23. The standard InChI is InChI=1S/C10H20O5P2.2H3N/c1-9(2)5-7-16(11,12)15-17(13,14)8-6-10(3)4;;/h5-6H,7-8H2,1-4H3,(H,11,12)(H,13,14);2*1H3. The molecule has 2 atom stereocenters. The lowest BCUT2D eigenvalue weighted by Crippen LogP contribution is -2.13. The Morgan fingerprint density at radius 2 is 1.16 bits per heavy atom. The third kappa shape index (κ3) is 14.0. The fourth-order valence-corrected chi connectivity index (χ4v) is 4.07. The fraction of sp³-hybridized carbons (Fsp3) is 0.600. The van der Waals surface area contributed by atoms with Gasteiger partial charge in [0, 0.05) is 12.3 Å². The molecule has 0 amide bonds. The van der Waals surface area contributed by atoms with Crippen molar-refractivity contribution in [2.45, 2.75) is 27.7 Å². The highest BCUT2D eigenvalue weighted by Gasteiger charge is 2.15. The highest BCUT2D eigenvalue weighted by atomic mass is 31.3. The summed E-state index contributed by atoms with van der Waals surface area (Å²) in [6, 6.07) is 0. The van der Waals surface area contributed by atoms with Gasteiger partial charge in [0.15, 0.2) is 0 Å². The summed E-state index contributed by atoms with van der Waals surface area (Å²) in [6.07, 6.45) is 2.01. The van der Waals surface area contributed by atoms with E-state index >= 15 is 0 Å². The molecule has 116 valence electrons. The van der Waals surface area contributed by atoms with E-state index < -0.39 is 27.5 Å². The first-order valence-electron chi connectivity index (χ1n) is 5.12. The van der Waals surface area contributed by atoms with Crippen LogP contribution in [0, 0.1) is 0 Å². The Kier molecular flexibility index (Phi) is 12.0. The van der Waals surface area contributed by atoms with Gasteiger partial charge in [-0.1, -0.05) is 23.3 Å². The zero-order valence-electron chi connectivity index (χ0n) is 12.5. The molecule has 0 heterocycles. The van der Waals surface area contributed by atoms with E-state index in [4.69, 9.17) is 0 Å². The summed E-state index contributed by atoms with van der Waals surface area (Å²) >= 11 is 0. The Bertz CT molecular complexity index is 374. The molecule has 2 unspecified atom stereocenters. The molecule has 0 spiro atoms. The lowest BCUT2D eigenvalue weighted by molar-refractivity contribution is -0.212. The van der Waals surface area contributed by atoms with Gasteiger partial charge in [-0.3, -0.25) is 4.31 Å². The van der Waals surface area contributed by atoms with Gasteiger partial charge in [0.25, 0.3) is 0 Å². The predicted octanol–water partition coefficient (Wildman–Crippen LogP) is 2.79. The van der Waals surface area contributed by atoms with Gasteiger partial charge in [-0.25, -0.2) is 0 Å². The van der Waals surface area contributed by atoms with Crippen molar-refractivity contribution in [2.75, 3.05) is 12.3 Å². The smallest absolute Gasteiger partial charge is 0.144 e. The van der Waals surface area contributed by atoms with Crippen LogP contribution in [-0.4, -0.2) is 12.3 Å². The molecule has 0 aromatic rings. The van der Waals surface area contributed by atoms with E-state index in [1.165, 1.54) is 12.2 Å².